The van der Waals surface area contributed by atoms with Gasteiger partial charge in [0.2, 0.25) is 0 Å². The van der Waals surface area contributed by atoms with E-state index in [-0.39, 0.29) is 21.2 Å². The van der Waals surface area contributed by atoms with Gasteiger partial charge in [-0.25, -0.2) is 17.4 Å². The molecule has 13 heteroatoms. The Morgan fingerprint density at radius 3 is 2.45 bits per heavy atom. The van der Waals surface area contributed by atoms with Crippen LogP contribution in [0.15, 0.2) is 77.3 Å². The lowest BCUT2D eigenvalue weighted by Gasteiger charge is -2.19. The molecule has 2 aromatic carbocycles. The number of hydrogen-bond donors (Lipinski definition) is 3. The molecule has 4 aromatic rings. The van der Waals surface area contributed by atoms with Gasteiger partial charge in [0.25, 0.3) is 10.0 Å². The topological polar surface area (TPSA) is 131 Å². The number of thioether (sulfide) groups is 1. The number of sulfonamides is 1. The molecule has 8 nitrogen and oxygen atoms in total. The third kappa shape index (κ3) is 6.50. The van der Waals surface area contributed by atoms with Crippen molar-refractivity contribution in [2.45, 2.75) is 28.7 Å². The highest BCUT2D eigenvalue weighted by Gasteiger charge is 2.37. The van der Waals surface area contributed by atoms with Gasteiger partial charge in [0.05, 0.1) is 5.56 Å². The molecular formula is C25H24FN3O5PS3+. The van der Waals surface area contributed by atoms with Crippen molar-refractivity contribution in [2.75, 3.05) is 5.75 Å². The predicted molar refractivity (Wildman–Crippen MR) is 145 cm³/mol. The van der Waals surface area contributed by atoms with Crippen molar-refractivity contribution in [3.63, 3.8) is 0 Å². The van der Waals surface area contributed by atoms with E-state index in [9.17, 15) is 28.0 Å². The number of thiophene rings is 1. The maximum Gasteiger partial charge on any atom is 0.347 e. The number of aryl methyl sites for hydroxylation is 1. The summed E-state index contributed by atoms with van der Waals surface area (Å²) in [5, 5.41) is 9.70. The molecule has 0 aliphatic carbocycles. The SMILES string of the molecule is N#Cc1c(CSCCC[n+]2ccccc2)ccc2sc(S(=O)(=O)NC(c3ccccc3)P(=O)(O)O)c(F)c12. The summed E-state index contributed by atoms with van der Waals surface area (Å²) in [4.78, 5) is 19.6. The minimum atomic E-state index is -4.99. The number of benzene rings is 2. The van der Waals surface area contributed by atoms with Crippen molar-refractivity contribution in [1.82, 2.24) is 4.72 Å². The Hall–Kier alpha value is -2.62. The number of nitrogens with one attached hydrogen (secondary N) is 1. The molecule has 0 aliphatic heterocycles. The number of hydrogen-bond acceptors (Lipinski definition) is 6. The number of fused-ring (bicyclic) bond motifs is 1. The van der Waals surface area contributed by atoms with Crippen LogP contribution in [0.25, 0.3) is 10.1 Å². The first-order valence-electron chi connectivity index (χ1n) is 11.4. The second-order valence-corrected chi connectivity index (χ2v) is 14.1. The average molecular weight is 593 g/mol. The number of aromatic nitrogens is 1. The first-order chi connectivity index (χ1) is 18.1. The summed E-state index contributed by atoms with van der Waals surface area (Å²) in [5.41, 5.74) is 0.675. The third-order valence-electron chi connectivity index (χ3n) is 5.67. The van der Waals surface area contributed by atoms with Gasteiger partial charge in [0.1, 0.15) is 18.4 Å². The quantitative estimate of drug-likeness (QED) is 0.131. The highest BCUT2D eigenvalue weighted by Crippen LogP contribution is 2.51. The van der Waals surface area contributed by atoms with Crippen LogP contribution in [0.1, 0.15) is 28.9 Å². The normalized spacial score (nSPS) is 12.9. The summed E-state index contributed by atoms with van der Waals surface area (Å²) in [6.45, 7) is 0.837. The fraction of sp³-hybridized carbons (Fsp3) is 0.200. The number of pyridine rings is 1. The third-order valence-corrected chi connectivity index (χ3v) is 11.1. The summed E-state index contributed by atoms with van der Waals surface area (Å²) in [7, 11) is -9.68. The number of nitrogens with zero attached hydrogens (tertiary/aromatic N) is 2. The maximum absolute atomic E-state index is 15.6. The van der Waals surface area contributed by atoms with Crippen molar-refractivity contribution < 1.29 is 31.7 Å². The maximum atomic E-state index is 15.6. The Kier molecular flexibility index (Phi) is 9.00. The Bertz CT molecular complexity index is 1620. The molecule has 0 aliphatic rings. The molecule has 2 heterocycles. The van der Waals surface area contributed by atoms with Crippen LogP contribution in [0.2, 0.25) is 0 Å². The van der Waals surface area contributed by atoms with Crippen LogP contribution in [0.5, 0.6) is 0 Å². The minimum absolute atomic E-state index is 0.0358. The Labute approximate surface area is 228 Å². The molecule has 4 rings (SSSR count). The van der Waals surface area contributed by atoms with Crippen LogP contribution in [0.4, 0.5) is 4.39 Å². The lowest BCUT2D eigenvalue weighted by atomic mass is 10.1. The molecule has 0 radical (unpaired) electrons. The second kappa shape index (κ2) is 12.1. The van der Waals surface area contributed by atoms with Gasteiger partial charge in [-0.2, -0.15) is 21.7 Å². The molecule has 0 amide bonds. The van der Waals surface area contributed by atoms with Crippen LogP contribution in [-0.2, 0) is 26.9 Å². The fourth-order valence-corrected chi connectivity index (χ4v) is 8.89. The van der Waals surface area contributed by atoms with Crippen molar-refractivity contribution in [3.8, 4) is 6.07 Å². The molecule has 2 aromatic heterocycles. The molecule has 0 fully saturated rings. The lowest BCUT2D eigenvalue weighted by molar-refractivity contribution is -0.696. The van der Waals surface area contributed by atoms with Crippen molar-refractivity contribution in [2.24, 2.45) is 0 Å². The summed E-state index contributed by atoms with van der Waals surface area (Å²) < 4.78 is 57.5. The molecule has 1 unspecified atom stereocenters. The minimum Gasteiger partial charge on any atom is -0.323 e. The molecule has 38 heavy (non-hydrogen) atoms. The van der Waals surface area contributed by atoms with Crippen LogP contribution in [-0.4, -0.2) is 24.0 Å². The standard InChI is InChI=1S/C25H23FN3O5PS3/c26-23-22-20(16-27)19(17-36-15-7-14-29-12-5-2-6-13-29)10-11-21(22)37-25(23)38(33,34)28-24(35(30,31)32)18-8-3-1-4-9-18/h1-6,8-13,24,28H,7,14-15,17H2,(H-,30,31,32)/p+1. The van der Waals surface area contributed by atoms with Gasteiger partial charge in [0.15, 0.2) is 22.4 Å². The van der Waals surface area contributed by atoms with Crippen LogP contribution in [0.3, 0.4) is 0 Å². The van der Waals surface area contributed by atoms with Crippen molar-refractivity contribution in [3.05, 3.63) is 95.6 Å². The van der Waals surface area contributed by atoms with E-state index >= 15 is 4.39 Å². The lowest BCUT2D eigenvalue weighted by Crippen LogP contribution is -2.32. The van der Waals surface area contributed by atoms with E-state index in [0.717, 1.165) is 18.7 Å². The molecule has 0 spiro atoms. The van der Waals surface area contributed by atoms with Gasteiger partial charge in [-0.1, -0.05) is 42.5 Å². The van der Waals surface area contributed by atoms with E-state index in [1.165, 1.54) is 24.3 Å². The number of nitriles is 1. The second-order valence-electron chi connectivity index (χ2n) is 8.33. The van der Waals surface area contributed by atoms with Crippen LogP contribution in [0, 0.1) is 17.1 Å². The van der Waals surface area contributed by atoms with Gasteiger partial charge in [-0.05, 0) is 22.9 Å². The molecule has 198 valence electrons. The van der Waals surface area contributed by atoms with Gasteiger partial charge in [-0.3, -0.25) is 4.57 Å². The number of rotatable bonds is 11. The summed E-state index contributed by atoms with van der Waals surface area (Å²) in [5.74, 6) is -1.75. The molecule has 0 saturated carbocycles. The zero-order valence-corrected chi connectivity index (χ0v) is 23.2. The zero-order chi connectivity index (χ0) is 27.3. The highest BCUT2D eigenvalue weighted by molar-refractivity contribution is 7.98. The van der Waals surface area contributed by atoms with E-state index in [0.29, 0.717) is 22.7 Å². The highest BCUT2D eigenvalue weighted by atomic mass is 32.2. The van der Waals surface area contributed by atoms with Crippen LogP contribution >= 0.6 is 30.7 Å². The monoisotopic (exact) mass is 592 g/mol. The van der Waals surface area contributed by atoms with Crippen molar-refractivity contribution in [1.29, 1.82) is 5.26 Å². The Morgan fingerprint density at radius 2 is 1.79 bits per heavy atom. The zero-order valence-electron chi connectivity index (χ0n) is 19.9. The average Bonchev–Trinajstić information content (AvgIpc) is 3.25. The van der Waals surface area contributed by atoms with E-state index in [2.05, 4.69) is 4.57 Å². The summed E-state index contributed by atoms with van der Waals surface area (Å²) in [6.07, 6.45) is 4.86. The Morgan fingerprint density at radius 1 is 1.11 bits per heavy atom. The molecular weight excluding hydrogens is 568 g/mol. The molecule has 1 atom stereocenters. The van der Waals surface area contributed by atoms with Gasteiger partial charge in [-0.15, -0.1) is 11.3 Å². The summed E-state index contributed by atoms with van der Waals surface area (Å²) in [6, 6.07) is 18.5. The molecule has 3 N–H and O–H groups in total. The van der Waals surface area contributed by atoms with Gasteiger partial charge < -0.3 is 9.79 Å². The molecule has 0 bridgehead atoms. The number of halogens is 1. The van der Waals surface area contributed by atoms with E-state index in [4.69, 9.17) is 0 Å². The van der Waals surface area contributed by atoms with Gasteiger partial charge in [0, 0.05) is 34.4 Å². The Balaban J connectivity index is 1.56. The molecule has 0 saturated heterocycles. The van der Waals surface area contributed by atoms with E-state index < -0.39 is 33.4 Å². The van der Waals surface area contributed by atoms with E-state index in [1.54, 1.807) is 30.0 Å². The summed E-state index contributed by atoms with van der Waals surface area (Å²) >= 11 is 2.20. The fourth-order valence-electron chi connectivity index (χ4n) is 3.88. The van der Waals surface area contributed by atoms with Gasteiger partial charge >= 0.3 is 7.60 Å². The first-order valence-corrected chi connectivity index (χ1v) is 16.5. The van der Waals surface area contributed by atoms with E-state index in [1.807, 2.05) is 41.4 Å². The predicted octanol–water partition coefficient (Wildman–Crippen LogP) is 4.68. The smallest absolute Gasteiger partial charge is 0.323 e. The largest absolute Gasteiger partial charge is 0.347 e. The van der Waals surface area contributed by atoms with Crippen molar-refractivity contribution >= 4 is 50.8 Å². The van der Waals surface area contributed by atoms with Crippen LogP contribution < -0.4 is 9.29 Å². The first kappa shape index (κ1) is 28.4.